The van der Waals surface area contributed by atoms with Gasteiger partial charge in [0.1, 0.15) is 0 Å². The smallest absolute Gasteiger partial charge is 0.0111 e. The van der Waals surface area contributed by atoms with E-state index in [1.165, 1.54) is 33.4 Å². The van der Waals surface area contributed by atoms with Gasteiger partial charge in [0.2, 0.25) is 0 Å². The lowest BCUT2D eigenvalue weighted by molar-refractivity contribution is 1.57. The molecular formula is C30H24. The van der Waals surface area contributed by atoms with Gasteiger partial charge >= 0.3 is 0 Å². The third-order valence-electron chi connectivity index (χ3n) is 4.93. The molecule has 0 fully saturated rings. The zero-order valence-electron chi connectivity index (χ0n) is 16.9. The Balaban J connectivity index is 1.72. The summed E-state index contributed by atoms with van der Waals surface area (Å²) in [6, 6.07) is 37.7. The second kappa shape index (κ2) is 10.0. The molecule has 0 aliphatic rings. The lowest BCUT2D eigenvalue weighted by Crippen LogP contribution is -1.86. The topological polar surface area (TPSA) is 0 Å². The highest BCUT2D eigenvalue weighted by atomic mass is 14.1. The molecule has 0 aliphatic carbocycles. The van der Waals surface area contributed by atoms with Gasteiger partial charge in [0.15, 0.2) is 0 Å². The second-order valence-corrected chi connectivity index (χ2v) is 7.08. The molecule has 0 heteroatoms. The van der Waals surface area contributed by atoms with E-state index < -0.39 is 0 Å². The number of rotatable bonds is 6. The molecule has 0 bridgehead atoms. The van der Waals surface area contributed by atoms with Crippen LogP contribution >= 0.6 is 0 Å². The number of hydrogen-bond donors (Lipinski definition) is 0. The van der Waals surface area contributed by atoms with Crippen molar-refractivity contribution in [3.63, 3.8) is 0 Å². The van der Waals surface area contributed by atoms with Gasteiger partial charge in [-0.25, -0.2) is 0 Å². The molecule has 0 atom stereocenters. The molecule has 4 aromatic rings. The minimum Gasteiger partial charge on any atom is -0.0622 e. The van der Waals surface area contributed by atoms with E-state index in [0.717, 1.165) is 0 Å². The summed E-state index contributed by atoms with van der Waals surface area (Å²) >= 11 is 0. The molecule has 144 valence electrons. The van der Waals surface area contributed by atoms with E-state index in [1.54, 1.807) is 0 Å². The Hall–Kier alpha value is -3.90. The fourth-order valence-electron chi connectivity index (χ4n) is 3.33. The van der Waals surface area contributed by atoms with Crippen molar-refractivity contribution in [2.75, 3.05) is 0 Å². The molecule has 0 radical (unpaired) electrons. The minimum atomic E-state index is 1.19. The predicted molar refractivity (Wildman–Crippen MR) is 133 cm³/mol. The standard InChI is InChI=1S/C30H24/c1-4-11-25(12-5-1)19-22-28-17-10-18-29(23-20-26-13-6-2-7-14-26)30(28)24-21-27-15-8-3-9-16-27/h1-24H. The van der Waals surface area contributed by atoms with Gasteiger partial charge in [-0.15, -0.1) is 0 Å². The Kier molecular flexibility index (Phi) is 6.50. The third kappa shape index (κ3) is 5.33. The average molecular weight is 385 g/mol. The van der Waals surface area contributed by atoms with E-state index >= 15 is 0 Å². The zero-order valence-corrected chi connectivity index (χ0v) is 16.9. The van der Waals surface area contributed by atoms with E-state index in [9.17, 15) is 0 Å². The van der Waals surface area contributed by atoms with E-state index in [0.29, 0.717) is 0 Å². The Labute approximate surface area is 179 Å². The predicted octanol–water partition coefficient (Wildman–Crippen LogP) is 8.20. The Bertz CT molecular complexity index is 1080. The summed E-state index contributed by atoms with van der Waals surface area (Å²) in [5.41, 5.74) is 7.18. The van der Waals surface area contributed by atoms with Crippen LogP contribution < -0.4 is 0 Å². The van der Waals surface area contributed by atoms with Gasteiger partial charge in [0.25, 0.3) is 0 Å². The van der Waals surface area contributed by atoms with E-state index in [-0.39, 0.29) is 0 Å². The van der Waals surface area contributed by atoms with Crippen molar-refractivity contribution in [1.29, 1.82) is 0 Å². The molecule has 0 unspecified atom stereocenters. The summed E-state index contributed by atoms with van der Waals surface area (Å²) in [7, 11) is 0. The first-order valence-corrected chi connectivity index (χ1v) is 10.2. The highest BCUT2D eigenvalue weighted by Crippen LogP contribution is 2.23. The maximum Gasteiger partial charge on any atom is -0.0111 e. The van der Waals surface area contributed by atoms with Crippen molar-refractivity contribution in [3.05, 3.63) is 143 Å². The van der Waals surface area contributed by atoms with Crippen LogP contribution in [0.4, 0.5) is 0 Å². The van der Waals surface area contributed by atoms with Crippen molar-refractivity contribution >= 4 is 36.5 Å². The summed E-state index contributed by atoms with van der Waals surface area (Å²) in [5, 5.41) is 0. The number of hydrogen-bond acceptors (Lipinski definition) is 0. The highest BCUT2D eigenvalue weighted by Gasteiger charge is 2.02. The zero-order chi connectivity index (χ0) is 20.4. The average Bonchev–Trinajstić information content (AvgIpc) is 2.82. The molecule has 0 saturated carbocycles. The fourth-order valence-corrected chi connectivity index (χ4v) is 3.33. The molecule has 0 saturated heterocycles. The quantitative estimate of drug-likeness (QED) is 0.294. The molecule has 0 heterocycles. The normalized spacial score (nSPS) is 11.6. The van der Waals surface area contributed by atoms with Crippen molar-refractivity contribution in [2.24, 2.45) is 0 Å². The monoisotopic (exact) mass is 384 g/mol. The van der Waals surface area contributed by atoms with Gasteiger partial charge in [0.05, 0.1) is 0 Å². The van der Waals surface area contributed by atoms with Crippen LogP contribution in [0.5, 0.6) is 0 Å². The van der Waals surface area contributed by atoms with E-state index in [1.807, 2.05) is 18.2 Å². The molecular weight excluding hydrogens is 360 g/mol. The van der Waals surface area contributed by atoms with Crippen molar-refractivity contribution in [2.45, 2.75) is 0 Å². The van der Waals surface area contributed by atoms with Gasteiger partial charge in [-0.3, -0.25) is 0 Å². The Morgan fingerprint density at radius 2 is 0.667 bits per heavy atom. The van der Waals surface area contributed by atoms with Gasteiger partial charge in [-0.1, -0.05) is 146 Å². The third-order valence-corrected chi connectivity index (χ3v) is 4.93. The molecule has 0 amide bonds. The molecule has 4 aromatic carbocycles. The van der Waals surface area contributed by atoms with Crippen LogP contribution in [-0.2, 0) is 0 Å². The highest BCUT2D eigenvalue weighted by molar-refractivity contribution is 5.85. The maximum atomic E-state index is 2.21. The minimum absolute atomic E-state index is 1.19. The lowest BCUT2D eigenvalue weighted by Gasteiger charge is -2.07. The molecule has 0 N–H and O–H groups in total. The van der Waals surface area contributed by atoms with Crippen molar-refractivity contribution < 1.29 is 0 Å². The molecule has 0 spiro atoms. The van der Waals surface area contributed by atoms with Crippen LogP contribution in [0.3, 0.4) is 0 Å². The van der Waals surface area contributed by atoms with Gasteiger partial charge in [0, 0.05) is 0 Å². The SMILES string of the molecule is C(=Cc1cccc(C=Cc2ccccc2)c1C=Cc1ccccc1)c1ccccc1. The first kappa shape index (κ1) is 19.4. The fraction of sp³-hybridized carbons (Fsp3) is 0. The van der Waals surface area contributed by atoms with Crippen molar-refractivity contribution in [3.8, 4) is 0 Å². The molecule has 30 heavy (non-hydrogen) atoms. The summed E-state index contributed by atoms with van der Waals surface area (Å²) in [5.74, 6) is 0. The second-order valence-electron chi connectivity index (χ2n) is 7.08. The molecule has 4 rings (SSSR count). The molecule has 0 nitrogen and oxygen atoms in total. The molecule has 0 aromatic heterocycles. The van der Waals surface area contributed by atoms with Gasteiger partial charge in [-0.2, -0.15) is 0 Å². The summed E-state index contributed by atoms with van der Waals surface area (Å²) in [6.45, 7) is 0. The van der Waals surface area contributed by atoms with Crippen LogP contribution in [0.25, 0.3) is 36.5 Å². The van der Waals surface area contributed by atoms with Crippen molar-refractivity contribution in [1.82, 2.24) is 0 Å². The van der Waals surface area contributed by atoms with Crippen LogP contribution in [-0.4, -0.2) is 0 Å². The Morgan fingerprint density at radius 3 is 1.07 bits per heavy atom. The van der Waals surface area contributed by atoms with Gasteiger partial charge in [-0.05, 0) is 33.4 Å². The maximum absolute atomic E-state index is 2.21. The first-order valence-electron chi connectivity index (χ1n) is 10.2. The van der Waals surface area contributed by atoms with Crippen LogP contribution in [0.15, 0.2) is 109 Å². The van der Waals surface area contributed by atoms with Crippen LogP contribution in [0.2, 0.25) is 0 Å². The summed E-state index contributed by atoms with van der Waals surface area (Å²) in [6.07, 6.45) is 13.1. The summed E-state index contributed by atoms with van der Waals surface area (Å²) < 4.78 is 0. The van der Waals surface area contributed by atoms with Crippen LogP contribution in [0.1, 0.15) is 33.4 Å². The van der Waals surface area contributed by atoms with Crippen LogP contribution in [0, 0.1) is 0 Å². The summed E-state index contributed by atoms with van der Waals surface area (Å²) in [4.78, 5) is 0. The lowest BCUT2D eigenvalue weighted by atomic mass is 9.97. The van der Waals surface area contributed by atoms with Gasteiger partial charge < -0.3 is 0 Å². The van der Waals surface area contributed by atoms with E-state index in [2.05, 4.69) is 127 Å². The van der Waals surface area contributed by atoms with E-state index in [4.69, 9.17) is 0 Å². The Morgan fingerprint density at radius 1 is 0.300 bits per heavy atom. The largest absolute Gasteiger partial charge is 0.0622 e. The number of benzene rings is 4. The first-order chi connectivity index (χ1) is 14.9. The molecule has 0 aliphatic heterocycles.